The molecule has 1 rings (SSSR count). The summed E-state index contributed by atoms with van der Waals surface area (Å²) >= 11 is 3.15. The van der Waals surface area contributed by atoms with Crippen molar-refractivity contribution < 1.29 is 19.1 Å². The van der Waals surface area contributed by atoms with Crippen LogP contribution in [0.4, 0.5) is 14.9 Å². The lowest BCUT2D eigenvalue weighted by molar-refractivity contribution is -0.137. The predicted molar refractivity (Wildman–Crippen MR) is 77.2 cm³/mol. The van der Waals surface area contributed by atoms with Gasteiger partial charge in [0.2, 0.25) is 0 Å². The molecule has 0 heterocycles. The van der Waals surface area contributed by atoms with E-state index in [1.807, 2.05) is 0 Å². The molecule has 20 heavy (non-hydrogen) atoms. The van der Waals surface area contributed by atoms with Gasteiger partial charge in [0.1, 0.15) is 5.82 Å². The third-order valence-electron chi connectivity index (χ3n) is 2.61. The smallest absolute Gasteiger partial charge is 0.319 e. The lowest BCUT2D eigenvalue weighted by Crippen LogP contribution is -2.36. The van der Waals surface area contributed by atoms with Crippen molar-refractivity contribution in [2.45, 2.75) is 32.2 Å². The van der Waals surface area contributed by atoms with Gasteiger partial charge in [0, 0.05) is 16.9 Å². The maximum absolute atomic E-state index is 13.5. The number of halogens is 2. The molecule has 5 nitrogen and oxygen atoms in total. The third kappa shape index (κ3) is 5.56. The van der Waals surface area contributed by atoms with Gasteiger partial charge < -0.3 is 15.7 Å². The second-order valence-corrected chi connectivity index (χ2v) is 5.24. The summed E-state index contributed by atoms with van der Waals surface area (Å²) in [6.45, 7) is 1.76. The number of urea groups is 1. The van der Waals surface area contributed by atoms with E-state index in [1.54, 1.807) is 13.0 Å². The fourth-order valence-electron chi connectivity index (χ4n) is 1.62. The first-order chi connectivity index (χ1) is 9.40. The average Bonchev–Trinajstić information content (AvgIpc) is 2.33. The first-order valence-corrected chi connectivity index (χ1v) is 6.92. The van der Waals surface area contributed by atoms with Crippen molar-refractivity contribution in [3.8, 4) is 0 Å². The number of nitrogens with one attached hydrogen (secondary N) is 2. The van der Waals surface area contributed by atoms with Crippen LogP contribution >= 0.6 is 15.9 Å². The van der Waals surface area contributed by atoms with Crippen molar-refractivity contribution in [1.82, 2.24) is 5.32 Å². The fraction of sp³-hybridized carbons (Fsp3) is 0.385. The van der Waals surface area contributed by atoms with Crippen LogP contribution in [0.15, 0.2) is 22.7 Å². The minimum absolute atomic E-state index is 0.0620. The van der Waals surface area contributed by atoms with Crippen molar-refractivity contribution in [1.29, 1.82) is 0 Å². The zero-order valence-corrected chi connectivity index (χ0v) is 12.5. The molecule has 0 aliphatic rings. The van der Waals surface area contributed by atoms with E-state index in [0.717, 1.165) is 0 Å². The molecule has 0 aromatic heterocycles. The quantitative estimate of drug-likeness (QED) is 0.738. The van der Waals surface area contributed by atoms with Gasteiger partial charge in [-0.3, -0.25) is 4.79 Å². The molecule has 0 aliphatic carbocycles. The molecule has 0 fully saturated rings. The summed E-state index contributed by atoms with van der Waals surface area (Å²) in [6, 6.07) is 3.67. The summed E-state index contributed by atoms with van der Waals surface area (Å²) in [4.78, 5) is 22.1. The van der Waals surface area contributed by atoms with Crippen LogP contribution in [0.1, 0.15) is 26.2 Å². The number of amides is 2. The van der Waals surface area contributed by atoms with E-state index in [0.29, 0.717) is 17.3 Å². The number of anilines is 1. The fourth-order valence-corrected chi connectivity index (χ4v) is 2.06. The molecule has 1 aromatic carbocycles. The van der Waals surface area contributed by atoms with E-state index >= 15 is 0 Å². The Kier molecular flexibility index (Phi) is 6.44. The lowest BCUT2D eigenvalue weighted by atomic mass is 10.1. The number of hydrogen-bond donors (Lipinski definition) is 3. The minimum atomic E-state index is -0.864. The van der Waals surface area contributed by atoms with Gasteiger partial charge in [-0.2, -0.15) is 0 Å². The monoisotopic (exact) mass is 346 g/mol. The summed E-state index contributed by atoms with van der Waals surface area (Å²) in [5.74, 6) is -1.40. The Morgan fingerprint density at radius 3 is 2.75 bits per heavy atom. The maximum atomic E-state index is 13.5. The van der Waals surface area contributed by atoms with Gasteiger partial charge >= 0.3 is 12.0 Å². The van der Waals surface area contributed by atoms with Crippen molar-refractivity contribution in [3.63, 3.8) is 0 Å². The topological polar surface area (TPSA) is 78.4 Å². The maximum Gasteiger partial charge on any atom is 0.319 e. The van der Waals surface area contributed by atoms with Crippen LogP contribution in [-0.2, 0) is 4.79 Å². The Labute approximate surface area is 124 Å². The van der Waals surface area contributed by atoms with Gasteiger partial charge in [0.05, 0.1) is 5.69 Å². The first-order valence-electron chi connectivity index (χ1n) is 6.13. The third-order valence-corrected chi connectivity index (χ3v) is 3.27. The zero-order chi connectivity index (χ0) is 15.1. The van der Waals surface area contributed by atoms with Crippen molar-refractivity contribution in [3.05, 3.63) is 28.5 Å². The van der Waals surface area contributed by atoms with Gasteiger partial charge in [-0.25, -0.2) is 9.18 Å². The number of carboxylic acids is 1. The van der Waals surface area contributed by atoms with Crippen molar-refractivity contribution in [2.75, 3.05) is 5.32 Å². The predicted octanol–water partition coefficient (Wildman–Crippen LogP) is 3.35. The van der Waals surface area contributed by atoms with E-state index in [2.05, 4.69) is 26.6 Å². The van der Waals surface area contributed by atoms with E-state index in [1.165, 1.54) is 12.1 Å². The molecule has 7 heteroatoms. The first kappa shape index (κ1) is 16.4. The largest absolute Gasteiger partial charge is 0.481 e. The number of aliphatic carboxylic acids is 1. The highest BCUT2D eigenvalue weighted by molar-refractivity contribution is 9.10. The average molecular weight is 347 g/mol. The second-order valence-electron chi connectivity index (χ2n) is 4.38. The molecule has 0 bridgehead atoms. The van der Waals surface area contributed by atoms with Crippen LogP contribution in [0.5, 0.6) is 0 Å². The molecular formula is C13H16BrFN2O3. The van der Waals surface area contributed by atoms with Crippen LogP contribution in [0.25, 0.3) is 0 Å². The van der Waals surface area contributed by atoms with E-state index in [-0.39, 0.29) is 18.2 Å². The van der Waals surface area contributed by atoms with Crippen LogP contribution in [0.2, 0.25) is 0 Å². The zero-order valence-electron chi connectivity index (χ0n) is 11.0. The highest BCUT2D eigenvalue weighted by Gasteiger charge is 2.12. The summed E-state index contributed by atoms with van der Waals surface area (Å²) in [5.41, 5.74) is 0.0720. The molecule has 0 saturated heterocycles. The summed E-state index contributed by atoms with van der Waals surface area (Å²) in [6.07, 6.45) is 1.07. The number of para-hydroxylation sites is 1. The number of carbonyl (C=O) groups excluding carboxylic acids is 1. The molecule has 3 N–H and O–H groups in total. The summed E-state index contributed by atoms with van der Waals surface area (Å²) < 4.78 is 14.0. The van der Waals surface area contributed by atoms with E-state index in [4.69, 9.17) is 5.11 Å². The van der Waals surface area contributed by atoms with E-state index < -0.39 is 17.8 Å². The molecular weight excluding hydrogens is 331 g/mol. The number of carboxylic acid groups (broad SMARTS) is 1. The molecule has 1 unspecified atom stereocenters. The second kappa shape index (κ2) is 7.84. The SMILES string of the molecule is CC(CCCC(=O)O)NC(=O)Nc1c(F)cccc1Br. The van der Waals surface area contributed by atoms with Crippen molar-refractivity contribution in [2.24, 2.45) is 0 Å². The van der Waals surface area contributed by atoms with E-state index in [9.17, 15) is 14.0 Å². The van der Waals surface area contributed by atoms with Crippen molar-refractivity contribution >= 4 is 33.6 Å². The van der Waals surface area contributed by atoms with Gasteiger partial charge in [-0.1, -0.05) is 6.07 Å². The normalized spacial score (nSPS) is 11.8. The van der Waals surface area contributed by atoms with Crippen LogP contribution in [0.3, 0.4) is 0 Å². The molecule has 0 aliphatic heterocycles. The molecule has 0 radical (unpaired) electrons. The Morgan fingerprint density at radius 1 is 1.45 bits per heavy atom. The van der Waals surface area contributed by atoms with Gasteiger partial charge in [-0.15, -0.1) is 0 Å². The van der Waals surface area contributed by atoms with Crippen LogP contribution < -0.4 is 10.6 Å². The number of benzene rings is 1. The highest BCUT2D eigenvalue weighted by Crippen LogP contribution is 2.24. The molecule has 0 spiro atoms. The number of rotatable bonds is 6. The Morgan fingerprint density at radius 2 is 2.15 bits per heavy atom. The number of hydrogen-bond acceptors (Lipinski definition) is 2. The molecule has 0 saturated carbocycles. The Hall–Kier alpha value is -1.63. The summed E-state index contributed by atoms with van der Waals surface area (Å²) in [7, 11) is 0. The highest BCUT2D eigenvalue weighted by atomic mass is 79.9. The van der Waals surface area contributed by atoms with Gasteiger partial charge in [-0.05, 0) is 47.8 Å². The number of carbonyl (C=O) groups is 2. The Bertz CT molecular complexity index is 476. The minimum Gasteiger partial charge on any atom is -0.481 e. The molecule has 1 atom stereocenters. The summed E-state index contributed by atoms with van der Waals surface area (Å²) in [5, 5.41) is 13.6. The molecule has 1 aromatic rings. The molecule has 110 valence electrons. The van der Waals surface area contributed by atoms with Crippen LogP contribution in [-0.4, -0.2) is 23.1 Å². The molecule has 2 amide bonds. The lowest BCUT2D eigenvalue weighted by Gasteiger charge is -2.15. The van der Waals surface area contributed by atoms with Gasteiger partial charge in [0.15, 0.2) is 0 Å². The Balaban J connectivity index is 2.45. The van der Waals surface area contributed by atoms with Gasteiger partial charge in [0.25, 0.3) is 0 Å². The van der Waals surface area contributed by atoms with Crippen LogP contribution in [0, 0.1) is 5.82 Å². The standard InChI is InChI=1S/C13H16BrFN2O3/c1-8(4-2-7-11(18)19)16-13(20)17-12-9(14)5-3-6-10(12)15/h3,5-6,8H,2,4,7H2,1H3,(H,18,19)(H2,16,17,20).